The predicted molar refractivity (Wildman–Crippen MR) is 79.1 cm³/mol. The van der Waals surface area contributed by atoms with E-state index in [-0.39, 0.29) is 11.1 Å². The Morgan fingerprint density at radius 1 is 0.900 bits per heavy atom. The molecule has 6 nitrogen and oxygen atoms in total. The topological polar surface area (TPSA) is 127 Å². The molecule has 0 aliphatic rings. The number of rotatable bonds is 4. The zero-order valence-corrected chi connectivity index (χ0v) is 12.0. The third-order valence-electron chi connectivity index (χ3n) is 1.97. The molecule has 0 atom stereocenters. The summed E-state index contributed by atoms with van der Waals surface area (Å²) < 4.78 is 0. The molecule has 0 unspecified atom stereocenters. The van der Waals surface area contributed by atoms with Crippen molar-refractivity contribution in [2.45, 2.75) is 26.7 Å². The monoisotopic (exact) mass is 284 g/mol. The van der Waals surface area contributed by atoms with Gasteiger partial charge < -0.3 is 21.7 Å². The lowest BCUT2D eigenvalue weighted by molar-refractivity contribution is 0.0651. The van der Waals surface area contributed by atoms with E-state index in [4.69, 9.17) is 21.7 Å². The molecule has 1 rings (SSSR count). The maximum Gasteiger partial charge on any atom is 0.336 e. The van der Waals surface area contributed by atoms with E-state index in [1.54, 1.807) is 0 Å². The van der Waals surface area contributed by atoms with E-state index in [9.17, 15) is 9.59 Å². The van der Waals surface area contributed by atoms with Crippen LogP contribution < -0.4 is 11.5 Å². The zero-order valence-electron chi connectivity index (χ0n) is 12.0. The fraction of sp³-hybridized carbons (Fsp3) is 0.429. The zero-order chi connectivity index (χ0) is 16.0. The number of hydrogen-bond acceptors (Lipinski definition) is 4. The van der Waals surface area contributed by atoms with Crippen molar-refractivity contribution in [1.82, 2.24) is 0 Å². The van der Waals surface area contributed by atoms with Crippen LogP contribution >= 0.6 is 0 Å². The summed E-state index contributed by atoms with van der Waals surface area (Å²) in [6.45, 7) is 5.75. The van der Waals surface area contributed by atoms with Crippen molar-refractivity contribution in [3.05, 3.63) is 35.4 Å². The van der Waals surface area contributed by atoms with Gasteiger partial charge in [-0.2, -0.15) is 0 Å². The molecule has 0 radical (unpaired) electrons. The van der Waals surface area contributed by atoms with Crippen molar-refractivity contribution in [2.24, 2.45) is 11.5 Å². The van der Waals surface area contributed by atoms with E-state index < -0.39 is 11.9 Å². The number of carboxylic acids is 2. The average Bonchev–Trinajstić information content (AvgIpc) is 2.47. The summed E-state index contributed by atoms with van der Waals surface area (Å²) >= 11 is 0. The van der Waals surface area contributed by atoms with E-state index in [1.165, 1.54) is 24.3 Å². The average molecular weight is 284 g/mol. The van der Waals surface area contributed by atoms with E-state index in [0.717, 1.165) is 25.9 Å². The van der Waals surface area contributed by atoms with Crippen LogP contribution in [-0.4, -0.2) is 35.2 Å². The highest BCUT2D eigenvalue weighted by Gasteiger charge is 2.13. The molecule has 0 bridgehead atoms. The second-order valence-corrected chi connectivity index (χ2v) is 3.73. The van der Waals surface area contributed by atoms with Crippen LogP contribution in [0.15, 0.2) is 24.3 Å². The Hall–Kier alpha value is -1.92. The number of carboxylic acid groups (broad SMARTS) is 2. The second kappa shape index (κ2) is 13.5. The fourth-order valence-electron chi connectivity index (χ4n) is 0.856. The first-order valence-electron chi connectivity index (χ1n) is 6.41. The summed E-state index contributed by atoms with van der Waals surface area (Å²) in [6.07, 6.45) is 2.19. The molecule has 1 aromatic rings. The van der Waals surface area contributed by atoms with E-state index >= 15 is 0 Å². The van der Waals surface area contributed by atoms with Gasteiger partial charge in [-0.05, 0) is 38.1 Å². The second-order valence-electron chi connectivity index (χ2n) is 3.73. The molecule has 0 aliphatic carbocycles. The van der Waals surface area contributed by atoms with Gasteiger partial charge >= 0.3 is 11.9 Å². The molecule has 0 saturated heterocycles. The molecular weight excluding hydrogens is 260 g/mol. The Bertz CT molecular complexity index is 354. The van der Waals surface area contributed by atoms with Crippen molar-refractivity contribution in [3.8, 4) is 0 Å². The molecule has 6 heteroatoms. The van der Waals surface area contributed by atoms with Gasteiger partial charge in [0.15, 0.2) is 0 Å². The van der Waals surface area contributed by atoms with Crippen LogP contribution in [0.2, 0.25) is 0 Å². The minimum atomic E-state index is -1.23. The van der Waals surface area contributed by atoms with Gasteiger partial charge in [-0.1, -0.05) is 26.0 Å². The van der Waals surface area contributed by atoms with E-state index in [1.807, 2.05) is 0 Å². The van der Waals surface area contributed by atoms with Gasteiger partial charge in [-0.15, -0.1) is 0 Å². The minimum Gasteiger partial charge on any atom is -0.478 e. The standard InChI is InChI=1S/C8H6O4.2C3H9N/c9-7(10)5-3-1-2-4-6(5)8(11)12;2*1-2-3-4/h1-4H,(H,9,10)(H,11,12);2*2-4H2,1H3. The summed E-state index contributed by atoms with van der Waals surface area (Å²) in [4.78, 5) is 20.9. The van der Waals surface area contributed by atoms with Crippen LogP contribution in [0, 0.1) is 0 Å². The quantitative estimate of drug-likeness (QED) is 0.667. The highest BCUT2D eigenvalue weighted by atomic mass is 16.4. The Kier molecular flexibility index (Phi) is 13.8. The van der Waals surface area contributed by atoms with Gasteiger partial charge in [0.2, 0.25) is 0 Å². The van der Waals surface area contributed by atoms with Crippen LogP contribution in [-0.2, 0) is 0 Å². The van der Waals surface area contributed by atoms with Crippen LogP contribution in [0.5, 0.6) is 0 Å². The van der Waals surface area contributed by atoms with Gasteiger partial charge in [0.25, 0.3) is 0 Å². The summed E-state index contributed by atoms with van der Waals surface area (Å²) in [5, 5.41) is 17.1. The molecule has 0 heterocycles. The van der Waals surface area contributed by atoms with Crippen LogP contribution in [0.4, 0.5) is 0 Å². The van der Waals surface area contributed by atoms with Gasteiger partial charge in [0.05, 0.1) is 11.1 Å². The normalized spacial score (nSPS) is 8.60. The van der Waals surface area contributed by atoms with Gasteiger partial charge in [0, 0.05) is 0 Å². The predicted octanol–water partition coefficient (Wildman–Crippen LogP) is 1.79. The number of hydrogen-bond donors (Lipinski definition) is 4. The molecule has 20 heavy (non-hydrogen) atoms. The van der Waals surface area contributed by atoms with Crippen LogP contribution in [0.3, 0.4) is 0 Å². The lowest BCUT2D eigenvalue weighted by Crippen LogP contribution is -2.06. The summed E-state index contributed by atoms with van der Waals surface area (Å²) in [5.74, 6) is -2.46. The van der Waals surface area contributed by atoms with Gasteiger partial charge in [-0.25, -0.2) is 9.59 Å². The Morgan fingerprint density at radius 3 is 1.30 bits per heavy atom. The molecule has 0 amide bonds. The number of benzene rings is 1. The Morgan fingerprint density at radius 2 is 1.15 bits per heavy atom. The highest BCUT2D eigenvalue weighted by molar-refractivity contribution is 6.01. The van der Waals surface area contributed by atoms with Crippen molar-refractivity contribution in [1.29, 1.82) is 0 Å². The molecule has 0 aliphatic heterocycles. The molecule has 6 N–H and O–H groups in total. The minimum absolute atomic E-state index is 0.190. The van der Waals surface area contributed by atoms with Gasteiger partial charge in [0.1, 0.15) is 0 Å². The summed E-state index contributed by atoms with van der Waals surface area (Å²) in [6, 6.07) is 5.48. The number of carbonyl (C=O) groups is 2. The third-order valence-corrected chi connectivity index (χ3v) is 1.97. The lowest BCUT2D eigenvalue weighted by atomic mass is 10.1. The maximum absolute atomic E-state index is 10.5. The maximum atomic E-state index is 10.5. The highest BCUT2D eigenvalue weighted by Crippen LogP contribution is 2.07. The molecule has 114 valence electrons. The van der Waals surface area contributed by atoms with Crippen molar-refractivity contribution in [2.75, 3.05) is 13.1 Å². The Labute approximate surface area is 119 Å². The van der Waals surface area contributed by atoms with Crippen molar-refractivity contribution < 1.29 is 19.8 Å². The Balaban J connectivity index is 0. The van der Waals surface area contributed by atoms with E-state index in [0.29, 0.717) is 0 Å². The first-order chi connectivity index (χ1) is 9.45. The van der Waals surface area contributed by atoms with Crippen molar-refractivity contribution in [3.63, 3.8) is 0 Å². The smallest absolute Gasteiger partial charge is 0.336 e. The number of aromatic carboxylic acids is 2. The third kappa shape index (κ3) is 10.0. The summed E-state index contributed by atoms with van der Waals surface area (Å²) in [5.41, 5.74) is 9.68. The fourth-order valence-corrected chi connectivity index (χ4v) is 0.856. The van der Waals surface area contributed by atoms with Gasteiger partial charge in [-0.3, -0.25) is 0 Å². The van der Waals surface area contributed by atoms with E-state index in [2.05, 4.69) is 13.8 Å². The van der Waals surface area contributed by atoms with Crippen molar-refractivity contribution >= 4 is 11.9 Å². The summed E-state index contributed by atoms with van der Waals surface area (Å²) in [7, 11) is 0. The molecule has 0 fully saturated rings. The molecule has 0 saturated carbocycles. The van der Waals surface area contributed by atoms with Crippen LogP contribution in [0.1, 0.15) is 47.4 Å². The first kappa shape index (κ1) is 20.4. The molecular formula is C14H24N2O4. The largest absolute Gasteiger partial charge is 0.478 e. The number of nitrogens with two attached hydrogens (primary N) is 2. The lowest BCUT2D eigenvalue weighted by Gasteiger charge is -1.98. The molecule has 0 spiro atoms. The SMILES string of the molecule is CCCN.CCCN.O=C(O)c1ccccc1C(=O)O. The molecule has 1 aromatic carbocycles. The molecule has 0 aromatic heterocycles. The van der Waals surface area contributed by atoms with Crippen LogP contribution in [0.25, 0.3) is 0 Å². The first-order valence-corrected chi connectivity index (χ1v) is 6.41.